The first kappa shape index (κ1) is 19.7. The van der Waals surface area contributed by atoms with Crippen molar-refractivity contribution in [1.29, 1.82) is 0 Å². The molecule has 28 heavy (non-hydrogen) atoms. The first-order valence-electron chi connectivity index (χ1n) is 9.64. The summed E-state index contributed by atoms with van der Waals surface area (Å²) in [4.78, 5) is 26.8. The van der Waals surface area contributed by atoms with Crippen LogP contribution in [-0.2, 0) is 9.59 Å². The van der Waals surface area contributed by atoms with Gasteiger partial charge in [0, 0.05) is 12.7 Å². The highest BCUT2D eigenvalue weighted by atomic mass is 16.5. The molecule has 2 atom stereocenters. The lowest BCUT2D eigenvalue weighted by Gasteiger charge is -2.35. The molecule has 0 unspecified atom stereocenters. The van der Waals surface area contributed by atoms with E-state index in [9.17, 15) is 9.59 Å². The number of ether oxygens (including phenoxy) is 1. The van der Waals surface area contributed by atoms with Crippen LogP contribution in [0.15, 0.2) is 48.5 Å². The monoisotopic (exact) mass is 381 g/mol. The van der Waals surface area contributed by atoms with E-state index < -0.39 is 6.10 Å². The van der Waals surface area contributed by atoms with Crippen molar-refractivity contribution in [1.82, 2.24) is 5.32 Å². The summed E-state index contributed by atoms with van der Waals surface area (Å²) in [6.45, 7) is 4.74. The summed E-state index contributed by atoms with van der Waals surface area (Å²) in [5.74, 6) is 0.638. The molecule has 1 aliphatic rings. The molecule has 2 N–H and O–H groups in total. The van der Waals surface area contributed by atoms with E-state index in [1.165, 1.54) is 0 Å². The van der Waals surface area contributed by atoms with Crippen molar-refractivity contribution in [2.45, 2.75) is 32.3 Å². The summed E-state index contributed by atoms with van der Waals surface area (Å²) in [6, 6.07) is 15.4. The second-order valence-electron chi connectivity index (χ2n) is 7.01. The number of nitrogens with one attached hydrogen (secondary N) is 2. The van der Waals surface area contributed by atoms with Crippen molar-refractivity contribution in [2.75, 3.05) is 30.4 Å². The largest absolute Gasteiger partial charge is 0.477 e. The topological polar surface area (TPSA) is 70.7 Å². The zero-order valence-electron chi connectivity index (χ0n) is 16.6. The van der Waals surface area contributed by atoms with Crippen LogP contribution in [0.4, 0.5) is 11.4 Å². The van der Waals surface area contributed by atoms with Gasteiger partial charge in [-0.2, -0.15) is 0 Å². The average Bonchev–Trinajstić information content (AvgIpc) is 2.72. The van der Waals surface area contributed by atoms with E-state index in [0.717, 1.165) is 23.4 Å². The summed E-state index contributed by atoms with van der Waals surface area (Å²) in [5.41, 5.74) is 2.78. The van der Waals surface area contributed by atoms with Crippen LogP contribution in [0.1, 0.15) is 31.7 Å². The Morgan fingerprint density at radius 1 is 1.18 bits per heavy atom. The lowest BCUT2D eigenvalue weighted by molar-refractivity contribution is -0.127. The lowest BCUT2D eigenvalue weighted by Crippen LogP contribution is -2.50. The Balaban J connectivity index is 1.77. The minimum absolute atomic E-state index is 0.122. The van der Waals surface area contributed by atoms with Gasteiger partial charge in [0.15, 0.2) is 6.10 Å². The summed E-state index contributed by atoms with van der Waals surface area (Å²) in [6.07, 6.45) is 0.345. The second-order valence-corrected chi connectivity index (χ2v) is 7.01. The van der Waals surface area contributed by atoms with Gasteiger partial charge in [-0.3, -0.25) is 9.59 Å². The number of para-hydroxylation sites is 3. The Kier molecular flexibility index (Phi) is 6.19. The van der Waals surface area contributed by atoms with Gasteiger partial charge in [-0.15, -0.1) is 0 Å². The van der Waals surface area contributed by atoms with E-state index in [4.69, 9.17) is 4.74 Å². The Morgan fingerprint density at radius 3 is 2.64 bits per heavy atom. The standard InChI is InChI=1S/C22H27N3O3/c1-4-15(2)16-9-5-6-10-17(16)24-21(26)14-25-13-20(22(27)23-3)28-19-12-8-7-11-18(19)25/h5-12,15,20H,4,13-14H2,1-3H3,(H,23,27)(H,24,26)/t15-,20+/m0/s1. The molecular weight excluding hydrogens is 354 g/mol. The fraction of sp³-hybridized carbons (Fsp3) is 0.364. The second kappa shape index (κ2) is 8.78. The minimum Gasteiger partial charge on any atom is -0.477 e. The van der Waals surface area contributed by atoms with Crippen LogP contribution in [0, 0.1) is 0 Å². The van der Waals surface area contributed by atoms with Gasteiger partial charge in [-0.25, -0.2) is 0 Å². The molecule has 2 aromatic rings. The van der Waals surface area contributed by atoms with Crippen molar-refractivity contribution in [2.24, 2.45) is 0 Å². The maximum Gasteiger partial charge on any atom is 0.262 e. The molecule has 0 spiro atoms. The normalized spacial score (nSPS) is 16.5. The predicted molar refractivity (Wildman–Crippen MR) is 111 cm³/mol. The molecule has 3 rings (SSSR count). The molecule has 0 radical (unpaired) electrons. The molecule has 0 bridgehead atoms. The van der Waals surface area contributed by atoms with Crippen LogP contribution in [0.5, 0.6) is 5.75 Å². The zero-order valence-corrected chi connectivity index (χ0v) is 16.6. The third-order valence-electron chi connectivity index (χ3n) is 5.11. The molecule has 6 heteroatoms. The van der Waals surface area contributed by atoms with Gasteiger partial charge < -0.3 is 20.3 Å². The van der Waals surface area contributed by atoms with Crippen LogP contribution in [0.3, 0.4) is 0 Å². The van der Waals surface area contributed by atoms with Crippen LogP contribution >= 0.6 is 0 Å². The highest BCUT2D eigenvalue weighted by Crippen LogP contribution is 2.33. The number of nitrogens with zero attached hydrogens (tertiary/aromatic N) is 1. The van der Waals surface area contributed by atoms with Crippen LogP contribution < -0.4 is 20.3 Å². The number of benzene rings is 2. The maximum absolute atomic E-state index is 12.8. The van der Waals surface area contributed by atoms with Gasteiger partial charge in [0.1, 0.15) is 5.75 Å². The van der Waals surface area contributed by atoms with Crippen molar-refractivity contribution in [3.63, 3.8) is 0 Å². The molecular formula is C22H27N3O3. The molecule has 0 saturated heterocycles. The number of likely N-dealkylation sites (N-methyl/N-ethyl adjacent to an activating group) is 1. The fourth-order valence-electron chi connectivity index (χ4n) is 3.38. The van der Waals surface area contributed by atoms with E-state index in [1.54, 1.807) is 7.05 Å². The summed E-state index contributed by atoms with van der Waals surface area (Å²) in [7, 11) is 1.58. The van der Waals surface area contributed by atoms with E-state index in [-0.39, 0.29) is 18.4 Å². The third kappa shape index (κ3) is 4.27. The number of hydrogen-bond donors (Lipinski definition) is 2. The van der Waals surface area contributed by atoms with Crippen LogP contribution in [-0.4, -0.2) is 38.1 Å². The minimum atomic E-state index is -0.653. The van der Waals surface area contributed by atoms with Gasteiger partial charge in [-0.1, -0.05) is 44.2 Å². The molecule has 1 aliphatic heterocycles. The van der Waals surface area contributed by atoms with E-state index >= 15 is 0 Å². The van der Waals surface area contributed by atoms with Crippen molar-refractivity contribution in [3.8, 4) is 5.75 Å². The number of carbonyl (C=O) groups is 2. The highest BCUT2D eigenvalue weighted by Gasteiger charge is 2.31. The molecule has 1 heterocycles. The number of fused-ring (bicyclic) bond motifs is 1. The maximum atomic E-state index is 12.8. The van der Waals surface area contributed by atoms with E-state index in [1.807, 2.05) is 47.4 Å². The van der Waals surface area contributed by atoms with Crippen LogP contribution in [0.2, 0.25) is 0 Å². The first-order chi connectivity index (χ1) is 13.5. The molecule has 0 aliphatic carbocycles. The summed E-state index contributed by atoms with van der Waals surface area (Å²) in [5, 5.41) is 5.65. The highest BCUT2D eigenvalue weighted by molar-refractivity contribution is 5.95. The van der Waals surface area contributed by atoms with Crippen molar-refractivity contribution in [3.05, 3.63) is 54.1 Å². The number of carbonyl (C=O) groups excluding carboxylic acids is 2. The predicted octanol–water partition coefficient (Wildman–Crippen LogP) is 3.15. The molecule has 0 saturated carbocycles. The number of amides is 2. The molecule has 0 fully saturated rings. The Morgan fingerprint density at radius 2 is 1.89 bits per heavy atom. The summed E-state index contributed by atoms with van der Waals surface area (Å²) >= 11 is 0. The van der Waals surface area contributed by atoms with Gasteiger partial charge >= 0.3 is 0 Å². The molecule has 2 aromatic carbocycles. The van der Waals surface area contributed by atoms with E-state index in [0.29, 0.717) is 18.2 Å². The van der Waals surface area contributed by atoms with E-state index in [2.05, 4.69) is 30.5 Å². The average molecular weight is 381 g/mol. The van der Waals surface area contributed by atoms with Crippen molar-refractivity contribution < 1.29 is 14.3 Å². The summed E-state index contributed by atoms with van der Waals surface area (Å²) < 4.78 is 5.79. The number of rotatable bonds is 6. The number of hydrogen-bond acceptors (Lipinski definition) is 4. The third-order valence-corrected chi connectivity index (χ3v) is 5.11. The molecule has 6 nitrogen and oxygen atoms in total. The number of anilines is 2. The quantitative estimate of drug-likeness (QED) is 0.806. The van der Waals surface area contributed by atoms with Crippen LogP contribution in [0.25, 0.3) is 0 Å². The SMILES string of the molecule is CC[C@H](C)c1ccccc1NC(=O)CN1C[C@H](C(=O)NC)Oc2ccccc21. The van der Waals surface area contributed by atoms with Gasteiger partial charge in [0.2, 0.25) is 5.91 Å². The molecule has 148 valence electrons. The van der Waals surface area contributed by atoms with Gasteiger partial charge in [0.05, 0.1) is 18.8 Å². The molecule has 0 aromatic heterocycles. The zero-order chi connectivity index (χ0) is 20.1. The van der Waals surface area contributed by atoms with Crippen molar-refractivity contribution >= 4 is 23.2 Å². The Bertz CT molecular complexity index is 852. The molecule has 2 amide bonds. The Labute approximate surface area is 165 Å². The smallest absolute Gasteiger partial charge is 0.262 e. The van der Waals surface area contributed by atoms with Gasteiger partial charge in [0.25, 0.3) is 5.91 Å². The Hall–Kier alpha value is -3.02. The lowest BCUT2D eigenvalue weighted by atomic mass is 9.97. The van der Waals surface area contributed by atoms with Gasteiger partial charge in [-0.05, 0) is 36.1 Å². The first-order valence-corrected chi connectivity index (χ1v) is 9.64. The fourth-order valence-corrected chi connectivity index (χ4v) is 3.38.